The largest absolute Gasteiger partial charge is 0.481 e. The zero-order valence-corrected chi connectivity index (χ0v) is 13.6. The fourth-order valence-electron chi connectivity index (χ4n) is 2.01. The van der Waals surface area contributed by atoms with Crippen molar-refractivity contribution in [2.24, 2.45) is 5.92 Å². The molecule has 1 aromatic rings. The van der Waals surface area contributed by atoms with E-state index in [0.29, 0.717) is 18.9 Å². The highest BCUT2D eigenvalue weighted by Crippen LogP contribution is 2.16. The lowest BCUT2D eigenvalue weighted by Crippen LogP contribution is -2.30. The van der Waals surface area contributed by atoms with Crippen molar-refractivity contribution >= 4 is 33.6 Å². The number of nitrogens with one attached hydrogen (secondary N) is 2. The smallest absolute Gasteiger partial charge is 0.319 e. The lowest BCUT2D eigenvalue weighted by atomic mass is 9.97. The Bertz CT molecular complexity index is 480. The topological polar surface area (TPSA) is 78.4 Å². The molecular formula is C15H21BrN2O3. The fraction of sp³-hybridized carbons (Fsp3) is 0.467. The number of hydrogen-bond acceptors (Lipinski definition) is 2. The molecule has 116 valence electrons. The molecule has 2 amide bonds. The minimum Gasteiger partial charge on any atom is -0.481 e. The normalized spacial score (nSPS) is 11.7. The number of carboxylic acid groups (broad SMARTS) is 1. The number of amides is 2. The van der Waals surface area contributed by atoms with E-state index < -0.39 is 5.97 Å². The van der Waals surface area contributed by atoms with Crippen LogP contribution in [0.2, 0.25) is 0 Å². The van der Waals surface area contributed by atoms with Gasteiger partial charge < -0.3 is 15.7 Å². The molecule has 0 spiro atoms. The van der Waals surface area contributed by atoms with Crippen molar-refractivity contribution in [3.05, 3.63) is 28.7 Å². The van der Waals surface area contributed by atoms with E-state index in [9.17, 15) is 9.59 Å². The number of hydrogen-bond donors (Lipinski definition) is 3. The van der Waals surface area contributed by atoms with Crippen molar-refractivity contribution in [1.29, 1.82) is 0 Å². The Morgan fingerprint density at radius 2 is 2.10 bits per heavy atom. The van der Waals surface area contributed by atoms with Gasteiger partial charge in [-0.15, -0.1) is 0 Å². The van der Waals surface area contributed by atoms with Crippen LogP contribution < -0.4 is 10.6 Å². The Morgan fingerprint density at radius 1 is 1.33 bits per heavy atom. The quantitative estimate of drug-likeness (QED) is 0.661. The van der Waals surface area contributed by atoms with Crippen LogP contribution >= 0.6 is 15.9 Å². The summed E-state index contributed by atoms with van der Waals surface area (Å²) in [4.78, 5) is 22.3. The monoisotopic (exact) mass is 356 g/mol. The highest BCUT2D eigenvalue weighted by molar-refractivity contribution is 9.10. The first-order valence-corrected chi connectivity index (χ1v) is 7.82. The van der Waals surface area contributed by atoms with Crippen LogP contribution in [-0.2, 0) is 4.79 Å². The second kappa shape index (κ2) is 9.39. The molecule has 0 bridgehead atoms. The van der Waals surface area contributed by atoms with Gasteiger partial charge in [0.1, 0.15) is 0 Å². The minimum absolute atomic E-state index is 0.183. The van der Waals surface area contributed by atoms with Gasteiger partial charge in [0.05, 0.1) is 0 Å². The molecule has 5 nitrogen and oxygen atoms in total. The lowest BCUT2D eigenvalue weighted by molar-refractivity contribution is -0.137. The van der Waals surface area contributed by atoms with Gasteiger partial charge >= 0.3 is 12.0 Å². The SMILES string of the molecule is CCC(CCNC(=O)Nc1cccc(Br)c1)CCC(=O)O. The zero-order valence-electron chi connectivity index (χ0n) is 12.1. The predicted molar refractivity (Wildman–Crippen MR) is 86.4 cm³/mol. The lowest BCUT2D eigenvalue weighted by Gasteiger charge is -2.14. The van der Waals surface area contributed by atoms with E-state index in [0.717, 1.165) is 23.0 Å². The summed E-state index contributed by atoms with van der Waals surface area (Å²) in [7, 11) is 0. The van der Waals surface area contributed by atoms with Crippen LogP contribution in [0.15, 0.2) is 28.7 Å². The maximum absolute atomic E-state index is 11.7. The molecule has 6 heteroatoms. The average molecular weight is 357 g/mol. The van der Waals surface area contributed by atoms with Crippen molar-refractivity contribution in [2.75, 3.05) is 11.9 Å². The van der Waals surface area contributed by atoms with Crippen LogP contribution in [0.5, 0.6) is 0 Å². The second-order valence-corrected chi connectivity index (χ2v) is 5.80. The van der Waals surface area contributed by atoms with Crippen molar-refractivity contribution in [1.82, 2.24) is 5.32 Å². The van der Waals surface area contributed by atoms with Crippen LogP contribution in [0.1, 0.15) is 32.6 Å². The van der Waals surface area contributed by atoms with Gasteiger partial charge in [0.15, 0.2) is 0 Å². The molecular weight excluding hydrogens is 336 g/mol. The Morgan fingerprint density at radius 3 is 2.71 bits per heavy atom. The first-order valence-electron chi connectivity index (χ1n) is 7.03. The second-order valence-electron chi connectivity index (χ2n) is 4.89. The van der Waals surface area contributed by atoms with Crippen LogP contribution in [0.4, 0.5) is 10.5 Å². The molecule has 3 N–H and O–H groups in total. The number of carbonyl (C=O) groups excluding carboxylic acids is 1. The zero-order chi connectivity index (χ0) is 15.7. The number of halogens is 1. The summed E-state index contributed by atoms with van der Waals surface area (Å²) in [6, 6.07) is 7.12. The Hall–Kier alpha value is -1.56. The van der Waals surface area contributed by atoms with Crippen LogP contribution in [0.25, 0.3) is 0 Å². The first-order chi connectivity index (χ1) is 10.0. The van der Waals surface area contributed by atoms with Crippen LogP contribution in [0, 0.1) is 5.92 Å². The molecule has 0 aromatic heterocycles. The van der Waals surface area contributed by atoms with Gasteiger partial charge in [-0.2, -0.15) is 0 Å². The molecule has 0 saturated heterocycles. The molecule has 0 aliphatic carbocycles. The predicted octanol–water partition coefficient (Wildman–Crippen LogP) is 3.85. The molecule has 0 radical (unpaired) electrons. The summed E-state index contributed by atoms with van der Waals surface area (Å²) in [5, 5.41) is 14.2. The molecule has 1 unspecified atom stereocenters. The standard InChI is InChI=1S/C15H21BrN2O3/c1-2-11(6-7-14(19)20)8-9-17-15(21)18-13-5-3-4-12(16)10-13/h3-5,10-11H,2,6-9H2,1H3,(H,19,20)(H2,17,18,21). The Labute approximate surface area is 133 Å². The molecule has 0 aliphatic heterocycles. The van der Waals surface area contributed by atoms with Crippen molar-refractivity contribution in [3.63, 3.8) is 0 Å². The van der Waals surface area contributed by atoms with Gasteiger partial charge in [-0.1, -0.05) is 35.3 Å². The van der Waals surface area contributed by atoms with Gasteiger partial charge in [0, 0.05) is 23.1 Å². The summed E-state index contributed by atoms with van der Waals surface area (Å²) in [5.41, 5.74) is 0.722. The van der Waals surface area contributed by atoms with E-state index in [4.69, 9.17) is 5.11 Å². The van der Waals surface area contributed by atoms with E-state index in [2.05, 4.69) is 26.6 Å². The van der Waals surface area contributed by atoms with Crippen LogP contribution in [0.3, 0.4) is 0 Å². The number of anilines is 1. The minimum atomic E-state index is -0.770. The number of benzene rings is 1. The molecule has 0 heterocycles. The summed E-state index contributed by atoms with van der Waals surface area (Å²) >= 11 is 3.34. The van der Waals surface area contributed by atoms with Gasteiger partial charge in [0.25, 0.3) is 0 Å². The third-order valence-corrected chi connectivity index (χ3v) is 3.76. The number of carboxylic acids is 1. The third-order valence-electron chi connectivity index (χ3n) is 3.26. The molecule has 0 aliphatic rings. The number of aliphatic carboxylic acids is 1. The summed E-state index contributed by atoms with van der Waals surface area (Å²) in [5.74, 6) is -0.443. The number of rotatable bonds is 8. The van der Waals surface area contributed by atoms with Crippen molar-refractivity contribution in [2.45, 2.75) is 32.6 Å². The summed E-state index contributed by atoms with van der Waals surface area (Å²) < 4.78 is 0.903. The van der Waals surface area contributed by atoms with E-state index in [1.807, 2.05) is 31.2 Å². The Kier molecular flexibility index (Phi) is 7.82. The van der Waals surface area contributed by atoms with Gasteiger partial charge in [-0.3, -0.25) is 4.79 Å². The van der Waals surface area contributed by atoms with Gasteiger partial charge in [-0.05, 0) is 37.0 Å². The molecule has 1 rings (SSSR count). The van der Waals surface area contributed by atoms with Gasteiger partial charge in [-0.25, -0.2) is 4.79 Å². The van der Waals surface area contributed by atoms with Crippen molar-refractivity contribution in [3.8, 4) is 0 Å². The van der Waals surface area contributed by atoms with Gasteiger partial charge in [0.2, 0.25) is 0 Å². The highest BCUT2D eigenvalue weighted by Gasteiger charge is 2.09. The van der Waals surface area contributed by atoms with E-state index in [1.54, 1.807) is 0 Å². The highest BCUT2D eigenvalue weighted by atomic mass is 79.9. The van der Waals surface area contributed by atoms with Crippen LogP contribution in [-0.4, -0.2) is 23.7 Å². The fourth-order valence-corrected chi connectivity index (χ4v) is 2.41. The maximum atomic E-state index is 11.7. The molecule has 1 atom stereocenters. The first kappa shape index (κ1) is 17.5. The molecule has 21 heavy (non-hydrogen) atoms. The van der Waals surface area contributed by atoms with E-state index in [1.165, 1.54) is 0 Å². The van der Waals surface area contributed by atoms with E-state index >= 15 is 0 Å². The molecule has 0 saturated carbocycles. The molecule has 0 fully saturated rings. The summed E-state index contributed by atoms with van der Waals surface area (Å²) in [6.07, 6.45) is 2.54. The molecule has 1 aromatic carbocycles. The average Bonchev–Trinajstić information content (AvgIpc) is 2.42. The number of carbonyl (C=O) groups is 2. The third kappa shape index (κ3) is 7.70. The van der Waals surface area contributed by atoms with Crippen molar-refractivity contribution < 1.29 is 14.7 Å². The Balaban J connectivity index is 2.27. The maximum Gasteiger partial charge on any atom is 0.319 e. The van der Waals surface area contributed by atoms with E-state index in [-0.39, 0.29) is 12.5 Å². The summed E-state index contributed by atoms with van der Waals surface area (Å²) in [6.45, 7) is 2.58. The number of urea groups is 1.